The van der Waals surface area contributed by atoms with Gasteiger partial charge in [-0.1, -0.05) is 41.9 Å². The minimum atomic E-state index is 0.514. The van der Waals surface area contributed by atoms with E-state index in [1.54, 1.807) is 0 Å². The number of hydrogen-bond donors (Lipinski definition) is 1. The predicted molar refractivity (Wildman–Crippen MR) is 92.5 cm³/mol. The Kier molecular flexibility index (Phi) is 4.89. The molecule has 1 nitrogen and oxygen atoms in total. The van der Waals surface area contributed by atoms with Crippen LogP contribution in [-0.4, -0.2) is 18.8 Å². The molecule has 0 bridgehead atoms. The van der Waals surface area contributed by atoms with Crippen LogP contribution in [0.25, 0.3) is 0 Å². The standard InChI is InChI=1S/C18H20ClNS/c1-20-12-15(13-6-4-7-16(19)9-13)11-17-10-14-5-2-3-8-18(14)21-17/h2-9,15,17,20H,10-12H2,1H3. The van der Waals surface area contributed by atoms with E-state index in [-0.39, 0.29) is 0 Å². The van der Waals surface area contributed by atoms with Crippen LogP contribution in [0.4, 0.5) is 0 Å². The van der Waals surface area contributed by atoms with Crippen LogP contribution in [0, 0.1) is 0 Å². The molecule has 0 fully saturated rings. The summed E-state index contributed by atoms with van der Waals surface area (Å²) < 4.78 is 0. The highest BCUT2D eigenvalue weighted by molar-refractivity contribution is 8.00. The number of thioether (sulfide) groups is 1. The van der Waals surface area contributed by atoms with E-state index < -0.39 is 0 Å². The van der Waals surface area contributed by atoms with Gasteiger partial charge in [-0.25, -0.2) is 0 Å². The van der Waals surface area contributed by atoms with Crippen LogP contribution in [-0.2, 0) is 6.42 Å². The van der Waals surface area contributed by atoms with Crippen molar-refractivity contribution in [1.29, 1.82) is 0 Å². The fraction of sp³-hybridized carbons (Fsp3) is 0.333. The molecule has 2 aromatic rings. The third kappa shape index (κ3) is 3.63. The van der Waals surface area contributed by atoms with Crippen molar-refractivity contribution in [3.05, 3.63) is 64.7 Å². The minimum absolute atomic E-state index is 0.514. The third-order valence-electron chi connectivity index (χ3n) is 4.03. The van der Waals surface area contributed by atoms with Crippen molar-refractivity contribution in [2.75, 3.05) is 13.6 Å². The molecule has 3 rings (SSSR count). The molecular formula is C18H20ClNS. The average molecular weight is 318 g/mol. The molecule has 21 heavy (non-hydrogen) atoms. The van der Waals surface area contributed by atoms with Crippen molar-refractivity contribution < 1.29 is 0 Å². The lowest BCUT2D eigenvalue weighted by Gasteiger charge is -2.20. The van der Waals surface area contributed by atoms with Gasteiger partial charge in [0.1, 0.15) is 0 Å². The molecule has 2 aromatic carbocycles. The fourth-order valence-electron chi connectivity index (χ4n) is 3.05. The quantitative estimate of drug-likeness (QED) is 0.854. The number of halogens is 1. The summed E-state index contributed by atoms with van der Waals surface area (Å²) in [6, 6.07) is 17.1. The van der Waals surface area contributed by atoms with Gasteiger partial charge in [0.25, 0.3) is 0 Å². The largest absolute Gasteiger partial charge is 0.319 e. The van der Waals surface area contributed by atoms with Gasteiger partial charge in [-0.15, -0.1) is 11.8 Å². The molecule has 0 aliphatic carbocycles. The summed E-state index contributed by atoms with van der Waals surface area (Å²) >= 11 is 8.18. The van der Waals surface area contributed by atoms with E-state index >= 15 is 0 Å². The lowest BCUT2D eigenvalue weighted by atomic mass is 9.92. The summed E-state index contributed by atoms with van der Waals surface area (Å²) in [5.41, 5.74) is 2.84. The zero-order chi connectivity index (χ0) is 14.7. The van der Waals surface area contributed by atoms with E-state index in [2.05, 4.69) is 47.8 Å². The van der Waals surface area contributed by atoms with Crippen molar-refractivity contribution in [2.24, 2.45) is 0 Å². The number of rotatable bonds is 5. The molecule has 3 heteroatoms. The molecule has 1 aliphatic heterocycles. The number of nitrogens with one attached hydrogen (secondary N) is 1. The molecule has 2 atom stereocenters. The van der Waals surface area contributed by atoms with Crippen molar-refractivity contribution in [2.45, 2.75) is 28.9 Å². The number of fused-ring (bicyclic) bond motifs is 1. The molecule has 110 valence electrons. The predicted octanol–water partition coefficient (Wildman–Crippen LogP) is 4.75. The summed E-state index contributed by atoms with van der Waals surface area (Å²) in [5, 5.41) is 4.82. The maximum absolute atomic E-state index is 6.15. The Balaban J connectivity index is 1.72. The molecule has 1 aliphatic rings. The average Bonchev–Trinajstić information content (AvgIpc) is 2.89. The second-order valence-corrected chi connectivity index (χ2v) is 7.38. The molecule has 1 heterocycles. The van der Waals surface area contributed by atoms with E-state index in [0.717, 1.165) is 11.6 Å². The maximum atomic E-state index is 6.15. The van der Waals surface area contributed by atoms with E-state index in [1.165, 1.54) is 28.9 Å². The Labute approximate surface area is 136 Å². The van der Waals surface area contributed by atoms with Gasteiger partial charge in [0.05, 0.1) is 0 Å². The highest BCUT2D eigenvalue weighted by Crippen LogP contribution is 2.41. The highest BCUT2D eigenvalue weighted by atomic mass is 35.5. The monoisotopic (exact) mass is 317 g/mol. The molecular weight excluding hydrogens is 298 g/mol. The van der Waals surface area contributed by atoms with Gasteiger partial charge < -0.3 is 5.32 Å². The van der Waals surface area contributed by atoms with Gasteiger partial charge in [-0.05, 0) is 55.1 Å². The van der Waals surface area contributed by atoms with Crippen molar-refractivity contribution in [3.8, 4) is 0 Å². The maximum Gasteiger partial charge on any atom is 0.0408 e. The normalized spacial score (nSPS) is 18.5. The van der Waals surface area contributed by atoms with Crippen LogP contribution in [0.1, 0.15) is 23.5 Å². The van der Waals surface area contributed by atoms with Crippen LogP contribution >= 0.6 is 23.4 Å². The molecule has 0 aromatic heterocycles. The van der Waals surface area contributed by atoms with E-state index in [4.69, 9.17) is 11.6 Å². The van der Waals surface area contributed by atoms with Gasteiger partial charge in [-0.2, -0.15) is 0 Å². The van der Waals surface area contributed by atoms with Gasteiger partial charge in [0.2, 0.25) is 0 Å². The molecule has 0 saturated carbocycles. The zero-order valence-corrected chi connectivity index (χ0v) is 13.8. The first kappa shape index (κ1) is 15.0. The molecule has 0 spiro atoms. The minimum Gasteiger partial charge on any atom is -0.319 e. The van der Waals surface area contributed by atoms with Gasteiger partial charge in [-0.3, -0.25) is 0 Å². The lowest BCUT2D eigenvalue weighted by Crippen LogP contribution is -2.20. The number of hydrogen-bond acceptors (Lipinski definition) is 2. The Morgan fingerprint density at radius 1 is 1.24 bits per heavy atom. The lowest BCUT2D eigenvalue weighted by molar-refractivity contribution is 0.571. The summed E-state index contributed by atoms with van der Waals surface area (Å²) in [6.07, 6.45) is 2.36. The Morgan fingerprint density at radius 3 is 2.86 bits per heavy atom. The second kappa shape index (κ2) is 6.87. The van der Waals surface area contributed by atoms with Gasteiger partial charge in [0.15, 0.2) is 0 Å². The van der Waals surface area contributed by atoms with Gasteiger partial charge in [0, 0.05) is 21.7 Å². The summed E-state index contributed by atoms with van der Waals surface area (Å²) in [4.78, 5) is 1.46. The van der Waals surface area contributed by atoms with Crippen LogP contribution in [0.15, 0.2) is 53.4 Å². The summed E-state index contributed by atoms with van der Waals surface area (Å²) in [7, 11) is 2.02. The zero-order valence-electron chi connectivity index (χ0n) is 12.2. The summed E-state index contributed by atoms with van der Waals surface area (Å²) in [5.74, 6) is 0.514. The molecule has 0 radical (unpaired) electrons. The van der Waals surface area contributed by atoms with Crippen LogP contribution in [0.5, 0.6) is 0 Å². The number of benzene rings is 2. The van der Waals surface area contributed by atoms with E-state index in [9.17, 15) is 0 Å². The van der Waals surface area contributed by atoms with Crippen LogP contribution in [0.3, 0.4) is 0 Å². The highest BCUT2D eigenvalue weighted by Gasteiger charge is 2.25. The molecule has 0 saturated heterocycles. The SMILES string of the molecule is CNCC(CC1Cc2ccccc2S1)c1cccc(Cl)c1. The topological polar surface area (TPSA) is 12.0 Å². The third-order valence-corrected chi connectivity index (χ3v) is 5.61. The first-order valence-electron chi connectivity index (χ1n) is 7.41. The Bertz CT molecular complexity index is 589. The van der Waals surface area contributed by atoms with Crippen molar-refractivity contribution >= 4 is 23.4 Å². The summed E-state index contributed by atoms with van der Waals surface area (Å²) in [6.45, 7) is 0.994. The molecule has 2 unspecified atom stereocenters. The van der Waals surface area contributed by atoms with Gasteiger partial charge >= 0.3 is 0 Å². The van der Waals surface area contributed by atoms with Crippen molar-refractivity contribution in [3.63, 3.8) is 0 Å². The smallest absolute Gasteiger partial charge is 0.0408 e. The van der Waals surface area contributed by atoms with E-state index in [1.807, 2.05) is 24.9 Å². The molecule has 0 amide bonds. The Hall–Kier alpha value is -0.960. The van der Waals surface area contributed by atoms with Crippen LogP contribution < -0.4 is 5.32 Å². The Morgan fingerprint density at radius 2 is 2.10 bits per heavy atom. The van der Waals surface area contributed by atoms with Crippen LogP contribution in [0.2, 0.25) is 5.02 Å². The first-order valence-corrected chi connectivity index (χ1v) is 8.66. The fourth-order valence-corrected chi connectivity index (χ4v) is 4.66. The second-order valence-electron chi connectivity index (χ2n) is 5.60. The number of likely N-dealkylation sites (N-methyl/N-ethyl adjacent to an activating group) is 1. The van der Waals surface area contributed by atoms with E-state index in [0.29, 0.717) is 11.2 Å². The molecule has 1 N–H and O–H groups in total. The van der Waals surface area contributed by atoms with Crippen molar-refractivity contribution in [1.82, 2.24) is 5.32 Å². The first-order chi connectivity index (χ1) is 10.3.